The molecular formula is C15H16NO. The van der Waals surface area contributed by atoms with Crippen LogP contribution < -0.4 is 9.64 Å². The second-order valence-electron chi connectivity index (χ2n) is 4.09. The zero-order valence-electron chi connectivity index (χ0n) is 10.2. The van der Waals surface area contributed by atoms with Gasteiger partial charge in [-0.2, -0.15) is 0 Å². The summed E-state index contributed by atoms with van der Waals surface area (Å²) in [6.45, 7) is 0.595. The standard InChI is InChI=1S/C15H16NO/c1-16(2)14-10-8-13(9-11-14)12-17-15-6-4-3-5-7-15/h4-11H,12H2,1-2H3. The summed E-state index contributed by atoms with van der Waals surface area (Å²) in [5.74, 6) is 0.875. The Kier molecular flexibility index (Phi) is 3.66. The van der Waals surface area contributed by atoms with Crippen molar-refractivity contribution in [3.05, 3.63) is 60.2 Å². The highest BCUT2D eigenvalue weighted by molar-refractivity contribution is 5.45. The van der Waals surface area contributed by atoms with E-state index in [2.05, 4.69) is 35.2 Å². The molecule has 2 aromatic carbocycles. The minimum absolute atomic E-state index is 0.595. The van der Waals surface area contributed by atoms with Crippen molar-refractivity contribution < 1.29 is 4.74 Å². The van der Waals surface area contributed by atoms with Crippen LogP contribution in [0.15, 0.2) is 48.5 Å². The van der Waals surface area contributed by atoms with E-state index in [9.17, 15) is 0 Å². The highest BCUT2D eigenvalue weighted by atomic mass is 16.5. The molecule has 0 aromatic heterocycles. The van der Waals surface area contributed by atoms with Gasteiger partial charge in [-0.05, 0) is 35.9 Å². The minimum atomic E-state index is 0.595. The highest BCUT2D eigenvalue weighted by Gasteiger charge is 1.97. The number of rotatable bonds is 4. The molecule has 0 spiro atoms. The first-order valence-electron chi connectivity index (χ1n) is 5.61. The van der Waals surface area contributed by atoms with E-state index in [1.165, 1.54) is 11.3 Å². The number of hydrogen-bond acceptors (Lipinski definition) is 2. The van der Waals surface area contributed by atoms with Crippen molar-refractivity contribution in [2.24, 2.45) is 0 Å². The van der Waals surface area contributed by atoms with Crippen LogP contribution in [0.25, 0.3) is 0 Å². The molecule has 87 valence electrons. The molecule has 2 nitrogen and oxygen atoms in total. The summed E-state index contributed by atoms with van der Waals surface area (Å²) in [5.41, 5.74) is 2.37. The maximum atomic E-state index is 5.66. The predicted molar refractivity (Wildman–Crippen MR) is 70.4 cm³/mol. The fraction of sp³-hybridized carbons (Fsp3) is 0.200. The van der Waals surface area contributed by atoms with Crippen LogP contribution in [0.2, 0.25) is 0 Å². The molecule has 0 fully saturated rings. The molecule has 2 aromatic rings. The van der Waals surface area contributed by atoms with Gasteiger partial charge in [0, 0.05) is 19.8 Å². The van der Waals surface area contributed by atoms with E-state index < -0.39 is 0 Å². The molecule has 0 aliphatic heterocycles. The lowest BCUT2D eigenvalue weighted by atomic mass is 10.2. The number of ether oxygens (including phenoxy) is 1. The monoisotopic (exact) mass is 226 g/mol. The molecule has 0 amide bonds. The summed E-state index contributed by atoms with van der Waals surface area (Å²) in [4.78, 5) is 2.08. The first-order chi connectivity index (χ1) is 8.25. The summed E-state index contributed by atoms with van der Waals surface area (Å²) < 4.78 is 5.66. The maximum Gasteiger partial charge on any atom is 0.119 e. The van der Waals surface area contributed by atoms with Crippen LogP contribution in [0, 0.1) is 6.07 Å². The molecule has 17 heavy (non-hydrogen) atoms. The quantitative estimate of drug-likeness (QED) is 0.794. The summed E-state index contributed by atoms with van der Waals surface area (Å²) in [7, 11) is 4.07. The first-order valence-corrected chi connectivity index (χ1v) is 5.61. The molecule has 0 aliphatic rings. The molecule has 0 atom stereocenters. The third kappa shape index (κ3) is 3.25. The summed E-state index contributed by atoms with van der Waals surface area (Å²) in [6, 6.07) is 18.9. The summed E-state index contributed by atoms with van der Waals surface area (Å²) in [6.07, 6.45) is 0. The zero-order chi connectivity index (χ0) is 12.1. The fourth-order valence-electron chi connectivity index (χ4n) is 1.52. The van der Waals surface area contributed by atoms with Crippen molar-refractivity contribution in [1.82, 2.24) is 0 Å². The zero-order valence-corrected chi connectivity index (χ0v) is 10.2. The third-order valence-corrected chi connectivity index (χ3v) is 2.55. The Morgan fingerprint density at radius 1 is 1.00 bits per heavy atom. The van der Waals surface area contributed by atoms with Gasteiger partial charge in [0.1, 0.15) is 12.4 Å². The van der Waals surface area contributed by atoms with Gasteiger partial charge in [-0.25, -0.2) is 0 Å². The van der Waals surface area contributed by atoms with E-state index in [1.54, 1.807) is 0 Å². The van der Waals surface area contributed by atoms with Crippen LogP contribution in [0.1, 0.15) is 5.56 Å². The Bertz CT molecular complexity index is 448. The van der Waals surface area contributed by atoms with Crippen molar-refractivity contribution in [3.63, 3.8) is 0 Å². The topological polar surface area (TPSA) is 12.5 Å². The molecule has 2 rings (SSSR count). The van der Waals surface area contributed by atoms with Crippen LogP contribution in [-0.2, 0) is 6.61 Å². The number of nitrogens with zero attached hydrogens (tertiary/aromatic N) is 1. The van der Waals surface area contributed by atoms with Crippen LogP contribution >= 0.6 is 0 Å². The molecule has 0 saturated carbocycles. The smallest absolute Gasteiger partial charge is 0.119 e. The molecule has 2 heteroatoms. The molecule has 0 saturated heterocycles. The van der Waals surface area contributed by atoms with E-state index in [4.69, 9.17) is 4.74 Å². The molecule has 0 bridgehead atoms. The van der Waals surface area contributed by atoms with Gasteiger partial charge in [0.2, 0.25) is 0 Å². The number of hydrogen-bond donors (Lipinski definition) is 0. The lowest BCUT2D eigenvalue weighted by molar-refractivity contribution is 0.306. The molecule has 0 heterocycles. The SMILES string of the molecule is CN(C)c1ccc(COc2cc[c]cc2)cc1. The first kappa shape index (κ1) is 11.5. The summed E-state index contributed by atoms with van der Waals surface area (Å²) >= 11 is 0. The Morgan fingerprint density at radius 3 is 2.24 bits per heavy atom. The van der Waals surface area contributed by atoms with Crippen molar-refractivity contribution in [1.29, 1.82) is 0 Å². The normalized spacial score (nSPS) is 10.0. The van der Waals surface area contributed by atoms with Gasteiger partial charge < -0.3 is 9.64 Å². The van der Waals surface area contributed by atoms with Gasteiger partial charge in [0.05, 0.1) is 0 Å². The molecule has 0 N–H and O–H groups in total. The van der Waals surface area contributed by atoms with E-state index in [1.807, 2.05) is 38.4 Å². The van der Waals surface area contributed by atoms with Gasteiger partial charge in [-0.1, -0.05) is 24.3 Å². The van der Waals surface area contributed by atoms with Crippen LogP contribution in [0.3, 0.4) is 0 Å². The van der Waals surface area contributed by atoms with E-state index >= 15 is 0 Å². The Labute approximate surface area is 102 Å². The van der Waals surface area contributed by atoms with E-state index in [0.29, 0.717) is 6.61 Å². The van der Waals surface area contributed by atoms with Gasteiger partial charge in [0.25, 0.3) is 0 Å². The van der Waals surface area contributed by atoms with E-state index in [0.717, 1.165) is 5.75 Å². The van der Waals surface area contributed by atoms with Crippen molar-refractivity contribution >= 4 is 5.69 Å². The third-order valence-electron chi connectivity index (χ3n) is 2.55. The Morgan fingerprint density at radius 2 is 1.65 bits per heavy atom. The minimum Gasteiger partial charge on any atom is -0.489 e. The maximum absolute atomic E-state index is 5.66. The fourth-order valence-corrected chi connectivity index (χ4v) is 1.52. The van der Waals surface area contributed by atoms with Gasteiger partial charge in [-0.15, -0.1) is 0 Å². The van der Waals surface area contributed by atoms with Crippen molar-refractivity contribution in [3.8, 4) is 5.75 Å². The number of benzene rings is 2. The predicted octanol–water partition coefficient (Wildman–Crippen LogP) is 3.13. The van der Waals surface area contributed by atoms with E-state index in [-0.39, 0.29) is 0 Å². The largest absolute Gasteiger partial charge is 0.489 e. The number of anilines is 1. The second-order valence-corrected chi connectivity index (χ2v) is 4.09. The van der Waals surface area contributed by atoms with Crippen LogP contribution in [-0.4, -0.2) is 14.1 Å². The average molecular weight is 226 g/mol. The summed E-state index contributed by atoms with van der Waals surface area (Å²) in [5, 5.41) is 0. The van der Waals surface area contributed by atoms with Crippen molar-refractivity contribution in [2.45, 2.75) is 6.61 Å². The second kappa shape index (κ2) is 5.39. The van der Waals surface area contributed by atoms with Gasteiger partial charge >= 0.3 is 0 Å². The molecule has 1 radical (unpaired) electrons. The average Bonchev–Trinajstić information content (AvgIpc) is 2.38. The lowest BCUT2D eigenvalue weighted by Crippen LogP contribution is -2.08. The molecular weight excluding hydrogens is 210 g/mol. The van der Waals surface area contributed by atoms with Gasteiger partial charge in [-0.3, -0.25) is 0 Å². The van der Waals surface area contributed by atoms with Crippen LogP contribution in [0.5, 0.6) is 5.75 Å². The van der Waals surface area contributed by atoms with Crippen molar-refractivity contribution in [2.75, 3.05) is 19.0 Å². The molecule has 0 unspecified atom stereocenters. The Hall–Kier alpha value is -1.96. The van der Waals surface area contributed by atoms with Crippen LogP contribution in [0.4, 0.5) is 5.69 Å². The Balaban J connectivity index is 1.96. The highest BCUT2D eigenvalue weighted by Crippen LogP contribution is 2.15. The molecule has 0 aliphatic carbocycles. The lowest BCUT2D eigenvalue weighted by Gasteiger charge is -2.13. The van der Waals surface area contributed by atoms with Gasteiger partial charge in [0.15, 0.2) is 0 Å².